The molecule has 0 amide bonds. The average Bonchev–Trinajstić information content (AvgIpc) is 2.71. The number of nitrogens with one attached hydrogen (secondary N) is 1. The second-order valence-electron chi connectivity index (χ2n) is 7.26. The Morgan fingerprint density at radius 1 is 1.16 bits per heavy atom. The van der Waals surface area contributed by atoms with Crippen molar-refractivity contribution in [1.82, 2.24) is 5.32 Å². The number of ketones is 2. The first-order valence-electron chi connectivity index (χ1n) is 9.53. The second-order valence-corrected chi connectivity index (χ2v) is 9.09. The number of allylic oxidation sites excluding steroid dienone is 3. The number of nitriles is 1. The van der Waals surface area contributed by atoms with Gasteiger partial charge in [0.2, 0.25) is 0 Å². The molecule has 1 N–H and O–H groups in total. The zero-order valence-corrected chi connectivity index (χ0v) is 19.6. The zero-order valence-electron chi connectivity index (χ0n) is 17.3. The van der Waals surface area contributed by atoms with E-state index >= 15 is 0 Å². The number of dihydropyridines is 1. The molecule has 1 aliphatic rings. The van der Waals surface area contributed by atoms with E-state index in [0.29, 0.717) is 32.5 Å². The monoisotopic (exact) mass is 470 g/mol. The topological polar surface area (TPSA) is 70.0 Å². The number of carbonyl (C=O) groups excluding carboxylic acids is 2. The molecule has 4 nitrogen and oxygen atoms in total. The van der Waals surface area contributed by atoms with E-state index in [9.17, 15) is 14.9 Å². The molecule has 158 valence electrons. The molecule has 2 aromatic carbocycles. The fourth-order valence-corrected chi connectivity index (χ4v) is 5.10. The molecule has 2 aromatic rings. The second kappa shape index (κ2) is 9.74. The van der Waals surface area contributed by atoms with Crippen molar-refractivity contribution in [3.63, 3.8) is 0 Å². The van der Waals surface area contributed by atoms with Gasteiger partial charge in [-0.25, -0.2) is 0 Å². The molecular weight excluding hydrogens is 451 g/mol. The fourth-order valence-electron chi connectivity index (χ4n) is 3.61. The molecule has 0 radical (unpaired) electrons. The van der Waals surface area contributed by atoms with Gasteiger partial charge in [0.05, 0.1) is 33.4 Å². The van der Waals surface area contributed by atoms with Crippen molar-refractivity contribution in [2.24, 2.45) is 0 Å². The number of Topliss-reactive ketones (excluding diaryl/α,β-unsaturated/α-hetero) is 2. The van der Waals surface area contributed by atoms with Crippen LogP contribution in [0.5, 0.6) is 0 Å². The lowest BCUT2D eigenvalue weighted by molar-refractivity contribution is -0.113. The highest BCUT2D eigenvalue weighted by molar-refractivity contribution is 8.03. The minimum atomic E-state index is -0.486. The van der Waals surface area contributed by atoms with Crippen molar-refractivity contribution in [1.29, 1.82) is 5.26 Å². The number of halogens is 2. The van der Waals surface area contributed by atoms with Gasteiger partial charge in [0, 0.05) is 21.9 Å². The number of aryl methyl sites for hydroxylation is 1. The van der Waals surface area contributed by atoms with Crippen LogP contribution in [-0.4, -0.2) is 17.3 Å². The van der Waals surface area contributed by atoms with Crippen LogP contribution < -0.4 is 5.32 Å². The summed E-state index contributed by atoms with van der Waals surface area (Å²) < 4.78 is 0. The lowest BCUT2D eigenvalue weighted by Crippen LogP contribution is -2.27. The van der Waals surface area contributed by atoms with Gasteiger partial charge in [-0.3, -0.25) is 9.59 Å². The number of rotatable bonds is 6. The molecule has 1 unspecified atom stereocenters. The van der Waals surface area contributed by atoms with Crippen molar-refractivity contribution in [2.45, 2.75) is 26.7 Å². The van der Waals surface area contributed by atoms with Crippen molar-refractivity contribution in [3.8, 4) is 6.07 Å². The number of hydrogen-bond donors (Lipinski definition) is 1. The van der Waals surface area contributed by atoms with Gasteiger partial charge in [-0.15, -0.1) is 0 Å². The summed E-state index contributed by atoms with van der Waals surface area (Å²) in [6.45, 7) is 5.28. The molecular formula is C24H20Cl2N2O2S. The average molecular weight is 471 g/mol. The van der Waals surface area contributed by atoms with Crippen LogP contribution in [0, 0.1) is 18.3 Å². The lowest BCUT2D eigenvalue weighted by Gasteiger charge is -2.29. The Labute approximate surface area is 195 Å². The SMILES string of the molecule is CC(=O)C1=C(C)NC(SCC(=O)c2ccc(Cl)cc2Cl)=C(C#N)C1c1cccc(C)c1. The number of benzene rings is 2. The summed E-state index contributed by atoms with van der Waals surface area (Å²) in [6.07, 6.45) is 0. The Balaban J connectivity index is 1.97. The normalized spacial score (nSPS) is 16.1. The zero-order chi connectivity index (χ0) is 22.7. The van der Waals surface area contributed by atoms with Gasteiger partial charge >= 0.3 is 0 Å². The molecule has 1 heterocycles. The predicted molar refractivity (Wildman–Crippen MR) is 126 cm³/mol. The Morgan fingerprint density at radius 2 is 1.90 bits per heavy atom. The van der Waals surface area contributed by atoms with E-state index in [1.54, 1.807) is 12.1 Å². The first-order chi connectivity index (χ1) is 14.7. The van der Waals surface area contributed by atoms with Crippen LogP contribution in [-0.2, 0) is 4.79 Å². The van der Waals surface area contributed by atoms with Crippen LogP contribution in [0.4, 0.5) is 0 Å². The molecule has 0 aliphatic carbocycles. The molecule has 0 bridgehead atoms. The largest absolute Gasteiger partial charge is 0.353 e. The number of carbonyl (C=O) groups is 2. The Bertz CT molecular complexity index is 1180. The van der Waals surface area contributed by atoms with Crippen molar-refractivity contribution in [2.75, 3.05) is 5.75 Å². The van der Waals surface area contributed by atoms with Gasteiger partial charge in [-0.2, -0.15) is 5.26 Å². The number of nitrogens with zero attached hydrogens (tertiary/aromatic N) is 1. The Kier molecular flexibility index (Phi) is 7.27. The van der Waals surface area contributed by atoms with Gasteiger partial charge in [-0.1, -0.05) is 64.8 Å². The summed E-state index contributed by atoms with van der Waals surface area (Å²) in [5, 5.41) is 14.5. The van der Waals surface area contributed by atoms with Crippen LogP contribution in [0.25, 0.3) is 0 Å². The minimum Gasteiger partial charge on any atom is -0.353 e. The molecule has 0 saturated carbocycles. The quantitative estimate of drug-likeness (QED) is 0.508. The van der Waals surface area contributed by atoms with Gasteiger partial charge in [0.1, 0.15) is 0 Å². The minimum absolute atomic E-state index is 0.0814. The highest BCUT2D eigenvalue weighted by Crippen LogP contribution is 2.41. The summed E-state index contributed by atoms with van der Waals surface area (Å²) in [4.78, 5) is 25.2. The maximum absolute atomic E-state index is 12.7. The third-order valence-corrected chi connectivity index (χ3v) is 6.55. The molecule has 0 fully saturated rings. The number of hydrogen-bond acceptors (Lipinski definition) is 5. The van der Waals surface area contributed by atoms with E-state index in [1.807, 2.05) is 38.1 Å². The number of thioether (sulfide) groups is 1. The third kappa shape index (κ3) is 5.04. The molecule has 7 heteroatoms. The summed E-state index contributed by atoms with van der Waals surface area (Å²) in [7, 11) is 0. The van der Waals surface area contributed by atoms with E-state index in [2.05, 4.69) is 11.4 Å². The van der Waals surface area contributed by atoms with E-state index in [-0.39, 0.29) is 22.3 Å². The first-order valence-corrected chi connectivity index (χ1v) is 11.3. The molecule has 3 rings (SSSR count). The summed E-state index contributed by atoms with van der Waals surface area (Å²) in [6, 6.07) is 14.8. The Morgan fingerprint density at radius 3 is 2.52 bits per heavy atom. The smallest absolute Gasteiger partial charge is 0.174 e. The summed E-state index contributed by atoms with van der Waals surface area (Å²) in [5.74, 6) is -0.681. The molecule has 31 heavy (non-hydrogen) atoms. The van der Waals surface area contributed by atoms with Crippen molar-refractivity contribution in [3.05, 3.63) is 91.1 Å². The predicted octanol–water partition coefficient (Wildman–Crippen LogP) is 6.20. The van der Waals surface area contributed by atoms with Gasteiger partial charge in [0.25, 0.3) is 0 Å². The van der Waals surface area contributed by atoms with Gasteiger partial charge in [0.15, 0.2) is 11.6 Å². The van der Waals surface area contributed by atoms with Crippen molar-refractivity contribution >= 4 is 46.5 Å². The summed E-state index contributed by atoms with van der Waals surface area (Å²) >= 11 is 13.3. The highest BCUT2D eigenvalue weighted by Gasteiger charge is 2.33. The standard InChI is InChI=1S/C24H20Cl2N2O2S/c1-13-5-4-6-16(9-13)23-19(11-27)24(28-14(2)22(23)15(3)29)31-12-21(30)18-8-7-17(25)10-20(18)26/h4-10,23,28H,12H2,1-3H3. The molecule has 0 saturated heterocycles. The molecule has 0 spiro atoms. The van der Waals surface area contributed by atoms with Crippen molar-refractivity contribution < 1.29 is 9.59 Å². The van der Waals surface area contributed by atoms with Gasteiger partial charge in [-0.05, 0) is 44.5 Å². The first kappa shape index (κ1) is 23.1. The van der Waals surface area contributed by atoms with Crippen LogP contribution in [0.1, 0.15) is 41.3 Å². The van der Waals surface area contributed by atoms with E-state index in [4.69, 9.17) is 23.2 Å². The van der Waals surface area contributed by atoms with Crippen LogP contribution in [0.2, 0.25) is 10.0 Å². The maximum atomic E-state index is 12.7. The molecule has 1 aliphatic heterocycles. The van der Waals surface area contributed by atoms with Gasteiger partial charge < -0.3 is 5.32 Å². The molecule has 1 atom stereocenters. The van der Waals surface area contributed by atoms with E-state index in [1.165, 1.54) is 24.8 Å². The van der Waals surface area contributed by atoms with E-state index in [0.717, 1.165) is 11.1 Å². The van der Waals surface area contributed by atoms with Crippen LogP contribution in [0.3, 0.4) is 0 Å². The molecule has 0 aromatic heterocycles. The van der Waals surface area contributed by atoms with E-state index < -0.39 is 5.92 Å². The highest BCUT2D eigenvalue weighted by atomic mass is 35.5. The Hall–Kier alpha value is -2.52. The van der Waals surface area contributed by atoms with Crippen LogP contribution >= 0.6 is 35.0 Å². The summed E-state index contributed by atoms with van der Waals surface area (Å²) in [5.41, 5.74) is 3.93. The fraction of sp³-hybridized carbons (Fsp3) is 0.208. The third-order valence-electron chi connectivity index (χ3n) is 4.98. The van der Waals surface area contributed by atoms with Crippen LogP contribution in [0.15, 0.2) is 64.3 Å². The maximum Gasteiger partial charge on any atom is 0.174 e. The lowest BCUT2D eigenvalue weighted by atomic mass is 9.80.